The van der Waals surface area contributed by atoms with Gasteiger partial charge in [0, 0.05) is 25.4 Å². The fourth-order valence-corrected chi connectivity index (χ4v) is 2.34. The highest BCUT2D eigenvalue weighted by atomic mass is 16.5. The minimum atomic E-state index is -0.680. The van der Waals surface area contributed by atoms with Crippen molar-refractivity contribution < 1.29 is 14.3 Å². The first-order valence-corrected chi connectivity index (χ1v) is 7.06. The molecule has 114 valence electrons. The summed E-state index contributed by atoms with van der Waals surface area (Å²) in [6, 6.07) is 9.47. The van der Waals surface area contributed by atoms with Crippen LogP contribution in [0.2, 0.25) is 0 Å². The molecule has 0 atom stereocenters. The van der Waals surface area contributed by atoms with Crippen molar-refractivity contribution >= 4 is 17.5 Å². The third kappa shape index (κ3) is 4.19. The Labute approximate surface area is 124 Å². The standard InChI is InChI=1S/C15H21N3O3/c16-14(20)15(6-8-21-9-7-15)11-18-13(19)10-17-12-4-2-1-3-5-12/h1-5,17H,6-11H2,(H2,16,20)(H,18,19). The highest BCUT2D eigenvalue weighted by Crippen LogP contribution is 2.29. The average Bonchev–Trinajstić information content (AvgIpc) is 2.52. The Morgan fingerprint density at radius 2 is 1.86 bits per heavy atom. The molecular formula is C15H21N3O3. The predicted molar refractivity (Wildman–Crippen MR) is 79.6 cm³/mol. The van der Waals surface area contributed by atoms with Gasteiger partial charge in [0.25, 0.3) is 0 Å². The van der Waals surface area contributed by atoms with E-state index in [9.17, 15) is 9.59 Å². The number of hydrogen-bond acceptors (Lipinski definition) is 4. The number of nitrogens with one attached hydrogen (secondary N) is 2. The van der Waals surface area contributed by atoms with Crippen LogP contribution in [0.15, 0.2) is 30.3 Å². The van der Waals surface area contributed by atoms with Gasteiger partial charge in [-0.3, -0.25) is 9.59 Å². The molecule has 21 heavy (non-hydrogen) atoms. The number of anilines is 1. The Hall–Kier alpha value is -2.08. The largest absolute Gasteiger partial charge is 0.381 e. The van der Waals surface area contributed by atoms with E-state index < -0.39 is 5.41 Å². The molecular weight excluding hydrogens is 270 g/mol. The van der Waals surface area contributed by atoms with Crippen LogP contribution < -0.4 is 16.4 Å². The number of ether oxygens (including phenoxy) is 1. The molecule has 6 heteroatoms. The van der Waals surface area contributed by atoms with Crippen LogP contribution in [0.5, 0.6) is 0 Å². The lowest BCUT2D eigenvalue weighted by atomic mass is 9.79. The third-order valence-corrected chi connectivity index (χ3v) is 3.82. The Balaban J connectivity index is 1.80. The fraction of sp³-hybridized carbons (Fsp3) is 0.467. The lowest BCUT2D eigenvalue weighted by Crippen LogP contribution is -2.50. The van der Waals surface area contributed by atoms with E-state index in [4.69, 9.17) is 10.5 Å². The first-order valence-electron chi connectivity index (χ1n) is 7.06. The quantitative estimate of drug-likeness (QED) is 0.711. The molecule has 0 saturated carbocycles. The van der Waals surface area contributed by atoms with Gasteiger partial charge >= 0.3 is 0 Å². The van der Waals surface area contributed by atoms with Crippen LogP contribution in [0.4, 0.5) is 5.69 Å². The van der Waals surface area contributed by atoms with E-state index in [1.807, 2.05) is 30.3 Å². The minimum Gasteiger partial charge on any atom is -0.381 e. The molecule has 0 aromatic heterocycles. The zero-order valence-electron chi connectivity index (χ0n) is 11.9. The molecule has 1 fully saturated rings. The second-order valence-electron chi connectivity index (χ2n) is 5.25. The molecule has 0 radical (unpaired) electrons. The molecule has 0 aliphatic carbocycles. The maximum Gasteiger partial charge on any atom is 0.239 e. The number of para-hydroxylation sites is 1. The minimum absolute atomic E-state index is 0.161. The zero-order chi connectivity index (χ0) is 15.1. The van der Waals surface area contributed by atoms with Gasteiger partial charge in [0.2, 0.25) is 11.8 Å². The van der Waals surface area contributed by atoms with Gasteiger partial charge in [0.15, 0.2) is 0 Å². The summed E-state index contributed by atoms with van der Waals surface area (Å²) < 4.78 is 5.25. The summed E-state index contributed by atoms with van der Waals surface area (Å²) in [6.45, 7) is 1.43. The molecule has 1 aliphatic rings. The number of amides is 2. The number of carbonyl (C=O) groups is 2. The number of nitrogens with two attached hydrogens (primary N) is 1. The van der Waals surface area contributed by atoms with E-state index in [1.54, 1.807) is 0 Å². The Morgan fingerprint density at radius 1 is 1.19 bits per heavy atom. The van der Waals surface area contributed by atoms with Crippen molar-refractivity contribution in [1.29, 1.82) is 0 Å². The lowest BCUT2D eigenvalue weighted by Gasteiger charge is -2.34. The van der Waals surface area contributed by atoms with Gasteiger partial charge in [-0.1, -0.05) is 18.2 Å². The normalized spacial score (nSPS) is 17.0. The van der Waals surface area contributed by atoms with Crippen LogP contribution in [-0.2, 0) is 14.3 Å². The summed E-state index contributed by atoms with van der Waals surface area (Å²) in [4.78, 5) is 23.5. The van der Waals surface area contributed by atoms with Crippen LogP contribution in [-0.4, -0.2) is 38.1 Å². The number of benzene rings is 1. The molecule has 2 amide bonds. The second kappa shape index (κ2) is 7.08. The molecule has 1 heterocycles. The van der Waals surface area contributed by atoms with Gasteiger partial charge in [-0.2, -0.15) is 0 Å². The summed E-state index contributed by atoms with van der Waals surface area (Å²) in [5, 5.41) is 5.81. The summed E-state index contributed by atoms with van der Waals surface area (Å²) in [7, 11) is 0. The van der Waals surface area contributed by atoms with Crippen LogP contribution in [0, 0.1) is 5.41 Å². The van der Waals surface area contributed by atoms with Crippen LogP contribution in [0.3, 0.4) is 0 Å². The highest BCUT2D eigenvalue weighted by molar-refractivity contribution is 5.84. The third-order valence-electron chi connectivity index (χ3n) is 3.82. The molecule has 6 nitrogen and oxygen atoms in total. The van der Waals surface area contributed by atoms with Crippen molar-refractivity contribution in [2.45, 2.75) is 12.8 Å². The SMILES string of the molecule is NC(=O)C1(CNC(=O)CNc2ccccc2)CCOCC1. The van der Waals surface area contributed by atoms with E-state index in [0.29, 0.717) is 26.1 Å². The molecule has 1 saturated heterocycles. The van der Waals surface area contributed by atoms with Crippen molar-refractivity contribution in [1.82, 2.24) is 5.32 Å². The fourth-order valence-electron chi connectivity index (χ4n) is 2.34. The first-order chi connectivity index (χ1) is 10.1. The lowest BCUT2D eigenvalue weighted by molar-refractivity contribution is -0.133. The van der Waals surface area contributed by atoms with Gasteiger partial charge in [0.1, 0.15) is 0 Å². The summed E-state index contributed by atoms with van der Waals surface area (Å²) >= 11 is 0. The monoisotopic (exact) mass is 291 g/mol. The molecule has 1 aromatic carbocycles. The Morgan fingerprint density at radius 3 is 2.48 bits per heavy atom. The van der Waals surface area contributed by atoms with Gasteiger partial charge in [-0.15, -0.1) is 0 Å². The smallest absolute Gasteiger partial charge is 0.239 e. The zero-order valence-corrected chi connectivity index (χ0v) is 11.9. The highest BCUT2D eigenvalue weighted by Gasteiger charge is 2.38. The van der Waals surface area contributed by atoms with Crippen molar-refractivity contribution in [3.8, 4) is 0 Å². The topological polar surface area (TPSA) is 93.5 Å². The van der Waals surface area contributed by atoms with E-state index >= 15 is 0 Å². The van der Waals surface area contributed by atoms with Crippen molar-refractivity contribution in [3.63, 3.8) is 0 Å². The molecule has 1 aromatic rings. The van der Waals surface area contributed by atoms with Crippen LogP contribution in [0.25, 0.3) is 0 Å². The summed E-state index contributed by atoms with van der Waals surface area (Å²) in [6.07, 6.45) is 1.10. The van der Waals surface area contributed by atoms with E-state index in [0.717, 1.165) is 5.69 Å². The van der Waals surface area contributed by atoms with E-state index in [1.165, 1.54) is 0 Å². The van der Waals surface area contributed by atoms with E-state index in [2.05, 4.69) is 10.6 Å². The van der Waals surface area contributed by atoms with Crippen molar-refractivity contribution in [3.05, 3.63) is 30.3 Å². The van der Waals surface area contributed by atoms with Gasteiger partial charge in [-0.05, 0) is 25.0 Å². The molecule has 1 aliphatic heterocycles. The van der Waals surface area contributed by atoms with E-state index in [-0.39, 0.29) is 24.9 Å². The summed E-state index contributed by atoms with van der Waals surface area (Å²) in [5.41, 5.74) is 5.69. The molecule has 4 N–H and O–H groups in total. The molecule has 2 rings (SSSR count). The second-order valence-corrected chi connectivity index (χ2v) is 5.25. The average molecular weight is 291 g/mol. The maximum absolute atomic E-state index is 11.9. The predicted octanol–water partition coefficient (Wildman–Crippen LogP) is 0.497. The van der Waals surface area contributed by atoms with Gasteiger partial charge < -0.3 is 21.1 Å². The number of primary amides is 1. The Kier molecular flexibility index (Phi) is 5.16. The number of hydrogen-bond donors (Lipinski definition) is 3. The Bertz CT molecular complexity index is 484. The number of carbonyl (C=O) groups excluding carboxylic acids is 2. The number of rotatable bonds is 6. The maximum atomic E-state index is 11.9. The van der Waals surface area contributed by atoms with Crippen LogP contribution in [0.1, 0.15) is 12.8 Å². The first kappa shape index (κ1) is 15.3. The van der Waals surface area contributed by atoms with Crippen molar-refractivity contribution in [2.24, 2.45) is 11.1 Å². The molecule has 0 unspecified atom stereocenters. The van der Waals surface area contributed by atoms with Crippen LogP contribution >= 0.6 is 0 Å². The van der Waals surface area contributed by atoms with Gasteiger partial charge in [0.05, 0.1) is 12.0 Å². The molecule has 0 spiro atoms. The van der Waals surface area contributed by atoms with Gasteiger partial charge in [-0.25, -0.2) is 0 Å². The van der Waals surface area contributed by atoms with Crippen molar-refractivity contribution in [2.75, 3.05) is 31.6 Å². The molecule has 0 bridgehead atoms. The summed E-state index contributed by atoms with van der Waals surface area (Å²) in [5.74, 6) is -0.534.